The third-order valence-electron chi connectivity index (χ3n) is 7.38. The van der Waals surface area contributed by atoms with Gasteiger partial charge >= 0.3 is 5.97 Å². The first-order valence-corrected chi connectivity index (χ1v) is 12.8. The molecule has 2 aliphatic rings. The number of carbonyl (C=O) groups excluding carboxylic acids is 1. The maximum absolute atomic E-state index is 13.5. The van der Waals surface area contributed by atoms with Crippen LogP contribution in [0.1, 0.15) is 52.5 Å². The molecule has 2 fully saturated rings. The Balaban J connectivity index is 0.00000210. The number of carboxylic acid groups (broad SMARTS) is 1. The number of amides is 1. The molecule has 1 aromatic rings. The molecule has 0 saturated carbocycles. The van der Waals surface area contributed by atoms with Gasteiger partial charge in [0.1, 0.15) is 5.75 Å². The van der Waals surface area contributed by atoms with Crippen molar-refractivity contribution >= 4 is 11.9 Å². The highest BCUT2D eigenvalue weighted by atomic mass is 16.5. The van der Waals surface area contributed by atoms with Crippen molar-refractivity contribution in [3.05, 3.63) is 42.0 Å². The number of hydrogen-bond donors (Lipinski definition) is 1. The topological polar surface area (TPSA) is 79.3 Å². The highest BCUT2D eigenvalue weighted by Crippen LogP contribution is 2.36. The molecule has 0 spiro atoms. The maximum atomic E-state index is 13.5. The molecular weight excluding hydrogens is 444 g/mol. The molecule has 3 atom stereocenters. The summed E-state index contributed by atoms with van der Waals surface area (Å²) in [6.45, 7) is 19.4. The Morgan fingerprint density at radius 3 is 2.31 bits per heavy atom. The second-order valence-corrected chi connectivity index (χ2v) is 10.1. The van der Waals surface area contributed by atoms with Gasteiger partial charge in [0.05, 0.1) is 26.2 Å². The van der Waals surface area contributed by atoms with E-state index in [2.05, 4.69) is 32.3 Å². The fourth-order valence-electron chi connectivity index (χ4n) is 4.89. The Labute approximate surface area is 211 Å². The van der Waals surface area contributed by atoms with Gasteiger partial charge in [-0.15, -0.1) is 0 Å². The van der Waals surface area contributed by atoms with Crippen molar-refractivity contribution in [3.8, 4) is 5.75 Å². The molecule has 2 saturated heterocycles. The van der Waals surface area contributed by atoms with E-state index in [0.29, 0.717) is 18.5 Å². The van der Waals surface area contributed by atoms with E-state index < -0.39 is 11.9 Å². The summed E-state index contributed by atoms with van der Waals surface area (Å²) in [5.74, 6) is -0.933. The second-order valence-electron chi connectivity index (χ2n) is 10.1. The number of rotatable bonds is 8. The Morgan fingerprint density at radius 1 is 1.17 bits per heavy atom. The maximum Gasteiger partial charge on any atom is 0.308 e. The molecular formula is C28H44N2O5. The van der Waals surface area contributed by atoms with Crippen LogP contribution < -0.4 is 4.74 Å². The third-order valence-corrected chi connectivity index (χ3v) is 7.38. The summed E-state index contributed by atoms with van der Waals surface area (Å²) < 4.78 is 10.7. The number of nitrogens with zero attached hydrogens (tertiary/aromatic N) is 2. The Morgan fingerprint density at radius 2 is 1.77 bits per heavy atom. The first-order valence-electron chi connectivity index (χ1n) is 12.8. The minimum atomic E-state index is -0.864. The van der Waals surface area contributed by atoms with E-state index in [1.807, 2.05) is 38.1 Å². The minimum Gasteiger partial charge on any atom is -0.497 e. The Bertz CT molecular complexity index is 845. The number of methoxy groups -OCH3 is 1. The summed E-state index contributed by atoms with van der Waals surface area (Å²) in [5, 5.41) is 9.75. The van der Waals surface area contributed by atoms with Crippen LogP contribution in [-0.2, 0) is 14.3 Å². The predicted octanol–water partition coefficient (Wildman–Crippen LogP) is 4.29. The zero-order valence-electron chi connectivity index (χ0n) is 22.4. The number of carboxylic acids is 1. The van der Waals surface area contributed by atoms with Crippen molar-refractivity contribution in [2.75, 3.05) is 53.0 Å². The monoisotopic (exact) mass is 488 g/mol. The smallest absolute Gasteiger partial charge is 0.308 e. The molecule has 1 amide bonds. The summed E-state index contributed by atoms with van der Waals surface area (Å²) in [6, 6.07) is 7.67. The summed E-state index contributed by atoms with van der Waals surface area (Å²) in [4.78, 5) is 29.5. The number of aliphatic carboxylic acids is 1. The fourth-order valence-corrected chi connectivity index (χ4v) is 4.89. The molecule has 35 heavy (non-hydrogen) atoms. The largest absolute Gasteiger partial charge is 0.497 e. The average Bonchev–Trinajstić information content (AvgIpc) is 2.88. The third kappa shape index (κ3) is 7.55. The van der Waals surface area contributed by atoms with Crippen LogP contribution in [0.25, 0.3) is 0 Å². The van der Waals surface area contributed by atoms with E-state index in [1.165, 1.54) is 0 Å². The van der Waals surface area contributed by atoms with Crippen LogP contribution >= 0.6 is 0 Å². The molecule has 1 aromatic carbocycles. The van der Waals surface area contributed by atoms with Gasteiger partial charge in [0, 0.05) is 44.2 Å². The Hall–Kier alpha value is -2.38. The number of carbonyl (C=O) groups is 2. The lowest BCUT2D eigenvalue weighted by Gasteiger charge is -2.41. The molecule has 1 N–H and O–H groups in total. The van der Waals surface area contributed by atoms with Crippen molar-refractivity contribution in [1.29, 1.82) is 0 Å². The van der Waals surface area contributed by atoms with E-state index >= 15 is 0 Å². The summed E-state index contributed by atoms with van der Waals surface area (Å²) >= 11 is 0. The first-order chi connectivity index (χ1) is 16.6. The molecule has 7 nitrogen and oxygen atoms in total. The summed E-state index contributed by atoms with van der Waals surface area (Å²) in [5.41, 5.74) is 1.42. The van der Waals surface area contributed by atoms with Crippen LogP contribution in [0.2, 0.25) is 0 Å². The van der Waals surface area contributed by atoms with Gasteiger partial charge in [0.15, 0.2) is 0 Å². The van der Waals surface area contributed by atoms with Crippen LogP contribution in [0.5, 0.6) is 5.75 Å². The summed E-state index contributed by atoms with van der Waals surface area (Å²) in [7, 11) is 1.61. The highest BCUT2D eigenvalue weighted by molar-refractivity contribution is 5.94. The number of ether oxygens (including phenoxy) is 2. The molecule has 3 unspecified atom stereocenters. The molecule has 2 aliphatic heterocycles. The van der Waals surface area contributed by atoms with Gasteiger partial charge in [-0.25, -0.2) is 0 Å². The second kappa shape index (κ2) is 13.1. The number of likely N-dealkylation sites (tertiary alicyclic amines) is 1. The molecule has 0 aliphatic carbocycles. The lowest BCUT2D eigenvalue weighted by atomic mass is 9.75. The molecule has 196 valence electrons. The van der Waals surface area contributed by atoms with Gasteiger partial charge in [0.2, 0.25) is 5.91 Å². The standard InChI is InChI=1S/C26H38N2O5.C2H6/c1-18(19(2)26(3,4)17-27-10-12-33-13-11-27)24(29)28-15-21(14-22(16-28)25(30)31)20-6-8-23(32-5)9-7-20;1-2/h6-9,19,21-22H,1,10-17H2,2-5H3,(H,30,31);1-2H3. The van der Waals surface area contributed by atoms with Crippen molar-refractivity contribution in [3.63, 3.8) is 0 Å². The predicted molar refractivity (Wildman–Crippen MR) is 139 cm³/mol. The van der Waals surface area contributed by atoms with Crippen LogP contribution in [0.3, 0.4) is 0 Å². The number of morpholine rings is 1. The van der Waals surface area contributed by atoms with E-state index in [0.717, 1.165) is 44.2 Å². The number of benzene rings is 1. The molecule has 3 rings (SSSR count). The Kier molecular flexibility index (Phi) is 10.8. The SMILES string of the molecule is C=C(C(=O)N1CC(C(=O)O)CC(c2ccc(OC)cc2)C1)C(C)C(C)(C)CN1CCOCC1.CC. The molecule has 2 heterocycles. The van der Waals surface area contributed by atoms with Gasteiger partial charge in [-0.2, -0.15) is 0 Å². The van der Waals surface area contributed by atoms with E-state index in [1.54, 1.807) is 12.0 Å². The number of piperidine rings is 1. The van der Waals surface area contributed by atoms with E-state index in [9.17, 15) is 14.7 Å². The zero-order chi connectivity index (χ0) is 26.2. The van der Waals surface area contributed by atoms with Crippen LogP contribution in [-0.4, -0.2) is 79.8 Å². The quantitative estimate of drug-likeness (QED) is 0.550. The van der Waals surface area contributed by atoms with Crippen molar-refractivity contribution in [2.24, 2.45) is 17.3 Å². The number of hydrogen-bond acceptors (Lipinski definition) is 5. The average molecular weight is 489 g/mol. The van der Waals surface area contributed by atoms with Gasteiger partial charge in [-0.05, 0) is 35.4 Å². The van der Waals surface area contributed by atoms with Crippen LogP contribution in [0, 0.1) is 17.3 Å². The fraction of sp³-hybridized carbons (Fsp3) is 0.643. The van der Waals surface area contributed by atoms with Crippen LogP contribution in [0.4, 0.5) is 0 Å². The highest BCUT2D eigenvalue weighted by Gasteiger charge is 2.38. The lowest BCUT2D eigenvalue weighted by Crippen LogP contribution is -2.48. The normalized spacial score (nSPS) is 21.9. The van der Waals surface area contributed by atoms with Gasteiger partial charge in [-0.1, -0.05) is 53.3 Å². The molecule has 0 radical (unpaired) electrons. The van der Waals surface area contributed by atoms with Gasteiger partial charge in [0.25, 0.3) is 0 Å². The van der Waals surface area contributed by atoms with Crippen LogP contribution in [0.15, 0.2) is 36.4 Å². The van der Waals surface area contributed by atoms with Crippen molar-refractivity contribution in [1.82, 2.24) is 9.80 Å². The molecule has 7 heteroatoms. The zero-order valence-corrected chi connectivity index (χ0v) is 22.4. The summed E-state index contributed by atoms with van der Waals surface area (Å²) in [6.07, 6.45) is 0.510. The van der Waals surface area contributed by atoms with Crippen molar-refractivity contribution < 1.29 is 24.2 Å². The molecule has 0 aromatic heterocycles. The van der Waals surface area contributed by atoms with Crippen molar-refractivity contribution in [2.45, 2.75) is 47.0 Å². The van der Waals surface area contributed by atoms with E-state index in [4.69, 9.17) is 9.47 Å². The first kappa shape index (κ1) is 28.9. The lowest BCUT2D eigenvalue weighted by molar-refractivity contribution is -0.145. The minimum absolute atomic E-state index is 0.0424. The van der Waals surface area contributed by atoms with Gasteiger partial charge < -0.3 is 19.5 Å². The molecule has 0 bridgehead atoms. The van der Waals surface area contributed by atoms with Gasteiger partial charge in [-0.3, -0.25) is 14.5 Å². The van der Waals surface area contributed by atoms with E-state index in [-0.39, 0.29) is 29.7 Å².